The monoisotopic (exact) mass is 496 g/mol. The number of rotatable bonds is 5. The molecule has 176 valence electrons. The lowest BCUT2D eigenvalue weighted by Crippen LogP contribution is -2.48. The number of ether oxygens (including phenoxy) is 1. The number of hydrogen-bond acceptors (Lipinski definition) is 7. The van der Waals surface area contributed by atoms with Crippen molar-refractivity contribution in [1.82, 2.24) is 9.88 Å². The molecule has 10 heteroatoms. The number of piperidine rings is 1. The molecule has 0 saturated carbocycles. The summed E-state index contributed by atoms with van der Waals surface area (Å²) in [5, 5.41) is 5.51. The zero-order valence-corrected chi connectivity index (χ0v) is 20.2. The van der Waals surface area contributed by atoms with E-state index in [0.29, 0.717) is 37.7 Å². The topological polar surface area (TPSA) is 101 Å². The predicted molar refractivity (Wildman–Crippen MR) is 133 cm³/mol. The molecule has 0 unspecified atom stereocenters. The number of nitrogens with zero attached hydrogens (tertiary/aromatic N) is 2. The number of thiazole rings is 1. The van der Waals surface area contributed by atoms with Crippen LogP contribution in [0.25, 0.3) is 10.2 Å². The predicted octanol–water partition coefficient (Wildman–Crippen LogP) is 3.99. The van der Waals surface area contributed by atoms with E-state index in [1.165, 1.54) is 23.1 Å². The minimum absolute atomic E-state index is 0.0881. The van der Waals surface area contributed by atoms with Gasteiger partial charge in [-0.15, -0.1) is 11.8 Å². The molecule has 1 fully saturated rings. The van der Waals surface area contributed by atoms with E-state index >= 15 is 0 Å². The molecule has 8 nitrogen and oxygen atoms in total. The first kappa shape index (κ1) is 22.7. The molecule has 1 atom stereocenters. The van der Waals surface area contributed by atoms with Crippen LogP contribution in [0.3, 0.4) is 0 Å². The Bertz CT molecular complexity index is 1250. The molecule has 34 heavy (non-hydrogen) atoms. The molecule has 0 radical (unpaired) electrons. The molecule has 5 rings (SSSR count). The van der Waals surface area contributed by atoms with Crippen LogP contribution in [0.4, 0.5) is 10.8 Å². The van der Waals surface area contributed by atoms with E-state index in [2.05, 4.69) is 15.6 Å². The van der Waals surface area contributed by atoms with Crippen molar-refractivity contribution < 1.29 is 19.1 Å². The summed E-state index contributed by atoms with van der Waals surface area (Å²) in [4.78, 5) is 45.5. The van der Waals surface area contributed by atoms with Gasteiger partial charge in [0.15, 0.2) is 10.4 Å². The quantitative estimate of drug-likeness (QED) is 0.518. The van der Waals surface area contributed by atoms with E-state index in [9.17, 15) is 14.4 Å². The van der Waals surface area contributed by atoms with Crippen molar-refractivity contribution in [2.45, 2.75) is 29.9 Å². The average molecular weight is 497 g/mol. The van der Waals surface area contributed by atoms with Crippen molar-refractivity contribution in [2.24, 2.45) is 5.92 Å². The lowest BCUT2D eigenvalue weighted by molar-refractivity contribution is -0.136. The Labute approximate surface area is 205 Å². The van der Waals surface area contributed by atoms with E-state index in [-0.39, 0.29) is 23.6 Å². The number of carbonyl (C=O) groups excluding carboxylic acids is 3. The Morgan fingerprint density at radius 2 is 2.00 bits per heavy atom. The van der Waals surface area contributed by atoms with E-state index < -0.39 is 5.25 Å². The summed E-state index contributed by atoms with van der Waals surface area (Å²) < 4.78 is 6.48. The van der Waals surface area contributed by atoms with Gasteiger partial charge in [0.05, 0.1) is 22.5 Å². The number of thioether (sulfide) groups is 1. The second-order valence-corrected chi connectivity index (χ2v) is 10.3. The first-order valence-corrected chi connectivity index (χ1v) is 12.9. The van der Waals surface area contributed by atoms with Gasteiger partial charge in [-0.05, 0) is 50.1 Å². The summed E-state index contributed by atoms with van der Waals surface area (Å²) in [6.45, 7) is 3.41. The molecule has 2 aliphatic heterocycles. The van der Waals surface area contributed by atoms with Crippen molar-refractivity contribution in [3.63, 3.8) is 0 Å². The lowest BCUT2D eigenvalue weighted by atomic mass is 9.95. The number of likely N-dealkylation sites (tertiary alicyclic amines) is 1. The van der Waals surface area contributed by atoms with Crippen LogP contribution in [0.2, 0.25) is 0 Å². The van der Waals surface area contributed by atoms with Gasteiger partial charge in [0.1, 0.15) is 5.75 Å². The number of nitrogens with one attached hydrogen (secondary N) is 2. The van der Waals surface area contributed by atoms with E-state index in [0.717, 1.165) is 26.5 Å². The zero-order chi connectivity index (χ0) is 23.7. The molecule has 2 aromatic carbocycles. The Kier molecular flexibility index (Phi) is 6.42. The molecule has 3 aromatic rings. The average Bonchev–Trinajstić information content (AvgIpc) is 3.25. The van der Waals surface area contributed by atoms with Crippen LogP contribution in [0.15, 0.2) is 47.4 Å². The Morgan fingerprint density at radius 1 is 1.21 bits per heavy atom. The summed E-state index contributed by atoms with van der Waals surface area (Å²) in [7, 11) is 0. The van der Waals surface area contributed by atoms with Crippen LogP contribution in [-0.2, 0) is 14.4 Å². The van der Waals surface area contributed by atoms with Gasteiger partial charge in [0.25, 0.3) is 0 Å². The van der Waals surface area contributed by atoms with Gasteiger partial charge in [-0.25, -0.2) is 4.98 Å². The van der Waals surface area contributed by atoms with Crippen molar-refractivity contribution in [1.29, 1.82) is 0 Å². The highest BCUT2D eigenvalue weighted by Gasteiger charge is 2.37. The van der Waals surface area contributed by atoms with Crippen LogP contribution in [0, 0.1) is 5.92 Å². The molecule has 1 aromatic heterocycles. The third kappa shape index (κ3) is 4.60. The van der Waals surface area contributed by atoms with E-state index in [1.807, 2.05) is 49.4 Å². The maximum atomic E-state index is 13.0. The molecule has 2 aliphatic rings. The summed E-state index contributed by atoms with van der Waals surface area (Å²) in [5.41, 5.74) is 1.55. The number of hydrogen-bond donors (Lipinski definition) is 2. The molecule has 0 aliphatic carbocycles. The normalized spacial score (nSPS) is 18.3. The number of amides is 3. The number of fused-ring (bicyclic) bond motifs is 2. The number of carbonyl (C=O) groups is 3. The first-order valence-electron chi connectivity index (χ1n) is 11.2. The fraction of sp³-hybridized carbons (Fsp3) is 0.333. The zero-order valence-electron chi connectivity index (χ0n) is 18.6. The van der Waals surface area contributed by atoms with Gasteiger partial charge in [-0.3, -0.25) is 14.4 Å². The van der Waals surface area contributed by atoms with Gasteiger partial charge < -0.3 is 20.3 Å². The Balaban J connectivity index is 1.17. The number of anilines is 2. The van der Waals surface area contributed by atoms with Gasteiger partial charge in [-0.1, -0.05) is 23.5 Å². The van der Waals surface area contributed by atoms with Crippen molar-refractivity contribution in [3.8, 4) is 5.75 Å². The molecule has 0 bridgehead atoms. The lowest BCUT2D eigenvalue weighted by Gasteiger charge is -2.34. The molecule has 1 saturated heterocycles. The first-order chi connectivity index (χ1) is 16.5. The van der Waals surface area contributed by atoms with Crippen molar-refractivity contribution >= 4 is 61.9 Å². The second-order valence-electron chi connectivity index (χ2n) is 8.15. The minimum atomic E-state index is -0.801. The highest BCUT2D eigenvalue weighted by Crippen LogP contribution is 2.36. The third-order valence-corrected chi connectivity index (χ3v) is 8.13. The molecular weight excluding hydrogens is 472 g/mol. The smallest absolute Gasteiger partial charge is 0.247 e. The van der Waals surface area contributed by atoms with Crippen LogP contribution in [0.1, 0.15) is 19.8 Å². The SMILES string of the molecule is CCOc1ccc2nc(NC(=O)C3CCN(C(=O)[C@H]4Sc5ccccc5NC4=O)CC3)sc2c1. The number of benzene rings is 2. The molecule has 3 heterocycles. The maximum absolute atomic E-state index is 13.0. The van der Waals surface area contributed by atoms with E-state index in [4.69, 9.17) is 4.74 Å². The van der Waals surface area contributed by atoms with Gasteiger partial charge in [-0.2, -0.15) is 0 Å². The number of para-hydroxylation sites is 1. The largest absolute Gasteiger partial charge is 0.494 e. The molecule has 0 spiro atoms. The van der Waals surface area contributed by atoms with Crippen molar-refractivity contribution in [2.75, 3.05) is 30.3 Å². The Hall–Kier alpha value is -3.11. The number of aromatic nitrogens is 1. The summed E-state index contributed by atoms with van der Waals surface area (Å²) in [6, 6.07) is 13.1. The van der Waals surface area contributed by atoms with Crippen LogP contribution >= 0.6 is 23.1 Å². The van der Waals surface area contributed by atoms with Crippen LogP contribution in [0.5, 0.6) is 5.75 Å². The van der Waals surface area contributed by atoms with Gasteiger partial charge in [0.2, 0.25) is 17.7 Å². The maximum Gasteiger partial charge on any atom is 0.247 e. The molecule has 2 N–H and O–H groups in total. The standard InChI is InChI=1S/C24H24N4O4S2/c1-2-32-15-7-8-17-19(13-15)34-24(26-17)27-21(29)14-9-11-28(12-10-14)23(31)20-22(30)25-16-5-3-4-6-18(16)33-20/h3-8,13-14,20H,2,9-12H2,1H3,(H,25,30)(H,26,27,29)/t20-/m0/s1. The highest BCUT2D eigenvalue weighted by molar-refractivity contribution is 8.01. The van der Waals surface area contributed by atoms with Crippen molar-refractivity contribution in [3.05, 3.63) is 42.5 Å². The highest BCUT2D eigenvalue weighted by atomic mass is 32.2. The van der Waals surface area contributed by atoms with Gasteiger partial charge >= 0.3 is 0 Å². The molecular formula is C24H24N4O4S2. The summed E-state index contributed by atoms with van der Waals surface area (Å²) in [6.07, 6.45) is 1.10. The van der Waals surface area contributed by atoms with Crippen LogP contribution in [-0.4, -0.2) is 52.6 Å². The van der Waals surface area contributed by atoms with Gasteiger partial charge in [0, 0.05) is 23.9 Å². The second kappa shape index (κ2) is 9.63. The fourth-order valence-corrected chi connectivity index (χ4v) is 6.13. The molecule has 3 amide bonds. The third-order valence-electron chi connectivity index (χ3n) is 5.93. The Morgan fingerprint density at radius 3 is 2.79 bits per heavy atom. The van der Waals surface area contributed by atoms with Crippen LogP contribution < -0.4 is 15.4 Å². The summed E-state index contributed by atoms with van der Waals surface area (Å²) in [5.74, 6) is -0.00981. The fourth-order valence-electron chi connectivity index (χ4n) is 4.16. The summed E-state index contributed by atoms with van der Waals surface area (Å²) >= 11 is 2.70. The minimum Gasteiger partial charge on any atom is -0.494 e. The van der Waals surface area contributed by atoms with E-state index in [1.54, 1.807) is 4.90 Å².